The summed E-state index contributed by atoms with van der Waals surface area (Å²) in [6, 6.07) is 9.59. The first-order valence-corrected chi connectivity index (χ1v) is 13.6. The summed E-state index contributed by atoms with van der Waals surface area (Å²) in [5, 5.41) is 4.48. The molecule has 0 amide bonds. The second-order valence-electron chi connectivity index (χ2n) is 9.89. The summed E-state index contributed by atoms with van der Waals surface area (Å²) in [4.78, 5) is 22.6. The van der Waals surface area contributed by atoms with Gasteiger partial charge in [0, 0.05) is 32.5 Å². The van der Waals surface area contributed by atoms with E-state index in [0.29, 0.717) is 17.8 Å². The van der Waals surface area contributed by atoms with Gasteiger partial charge in [-0.1, -0.05) is 5.57 Å². The van der Waals surface area contributed by atoms with Crippen molar-refractivity contribution in [3.63, 3.8) is 0 Å². The summed E-state index contributed by atoms with van der Waals surface area (Å²) < 4.78 is 45.3. The van der Waals surface area contributed by atoms with Crippen molar-refractivity contribution < 1.29 is 17.6 Å². The number of aromatic nitrogens is 5. The van der Waals surface area contributed by atoms with Gasteiger partial charge in [-0.15, -0.1) is 0 Å². The van der Waals surface area contributed by atoms with Gasteiger partial charge >= 0.3 is 0 Å². The van der Waals surface area contributed by atoms with E-state index in [1.165, 1.54) is 29.0 Å². The minimum absolute atomic E-state index is 0.0344. The van der Waals surface area contributed by atoms with E-state index in [-0.39, 0.29) is 36.1 Å². The molecule has 11 heteroatoms. The molecule has 194 valence electrons. The Morgan fingerprint density at radius 2 is 1.92 bits per heavy atom. The van der Waals surface area contributed by atoms with Gasteiger partial charge in [-0.25, -0.2) is 22.5 Å². The minimum Gasteiger partial charge on any atom is -0.339 e. The number of hydrogen-bond donors (Lipinski definition) is 0. The monoisotopic (exact) mass is 532 g/mol. The molecule has 2 aliphatic rings. The molecule has 0 radical (unpaired) electrons. The third kappa shape index (κ3) is 3.89. The number of carbonyl (C=O) groups excluding carboxylic acids is 1. The number of ketones is 1. The molecule has 4 heterocycles. The Morgan fingerprint density at radius 3 is 2.63 bits per heavy atom. The molecule has 6 rings (SSSR count). The topological polar surface area (TPSA) is 103 Å². The number of nitrogens with zero attached hydrogens (tertiary/aromatic N) is 6. The van der Waals surface area contributed by atoms with Gasteiger partial charge < -0.3 is 4.57 Å². The summed E-state index contributed by atoms with van der Waals surface area (Å²) >= 11 is 0. The maximum atomic E-state index is 14.2. The molecular weight excluding hydrogens is 507 g/mol. The van der Waals surface area contributed by atoms with E-state index < -0.39 is 15.4 Å². The Hall–Kier alpha value is -3.96. The van der Waals surface area contributed by atoms with Crippen molar-refractivity contribution in [2.75, 3.05) is 13.1 Å². The van der Waals surface area contributed by atoms with E-state index in [2.05, 4.69) is 15.1 Å². The molecule has 1 aromatic carbocycles. The smallest absolute Gasteiger partial charge is 0.262 e. The number of rotatable bonds is 5. The van der Waals surface area contributed by atoms with Crippen LogP contribution in [0.1, 0.15) is 33.7 Å². The predicted molar refractivity (Wildman–Crippen MR) is 138 cm³/mol. The number of aryl methyl sites for hydroxylation is 2. The first kappa shape index (κ1) is 24.4. The quantitative estimate of drug-likeness (QED) is 0.365. The number of Topliss-reactive ketones (excluding diaryl/α,β-unsaturated/α-hetero) is 1. The highest BCUT2D eigenvalue weighted by Gasteiger charge is 2.51. The Labute approximate surface area is 219 Å². The molecule has 1 aliphatic carbocycles. The van der Waals surface area contributed by atoms with Crippen LogP contribution >= 0.6 is 0 Å². The predicted octanol–water partition coefficient (Wildman–Crippen LogP) is 3.35. The van der Waals surface area contributed by atoms with Crippen molar-refractivity contribution in [1.29, 1.82) is 0 Å². The number of benzene rings is 1. The summed E-state index contributed by atoms with van der Waals surface area (Å²) in [7, 11) is -2.22. The highest BCUT2D eigenvalue weighted by Crippen LogP contribution is 2.47. The lowest BCUT2D eigenvalue weighted by Crippen LogP contribution is -2.53. The standard InChI is InChI=1S/C27H25FN6O3S/c1-18-7-9-29-23(11-18)26(35)27-13-19-14-31-34(22-5-3-21(28)4-6-22)24(19)12-20(27)8-10-33(16-27)38(36,37)25-15-32(2)17-30-25/h3-7,9,11-12,14-15,17H,8,10,13,16H2,1-2H3/t27-/m0/s1. The number of hydrogen-bond acceptors (Lipinski definition) is 6. The van der Waals surface area contributed by atoms with Crippen LogP contribution in [-0.2, 0) is 23.5 Å². The molecular formula is C27H25FN6O3S. The highest BCUT2D eigenvalue weighted by atomic mass is 32.2. The maximum Gasteiger partial charge on any atom is 0.262 e. The molecule has 0 N–H and O–H groups in total. The largest absolute Gasteiger partial charge is 0.339 e. The first-order valence-electron chi connectivity index (χ1n) is 12.2. The van der Waals surface area contributed by atoms with Gasteiger partial charge in [-0.05, 0) is 73.4 Å². The van der Waals surface area contributed by atoms with Gasteiger partial charge in [0.05, 0.1) is 29.3 Å². The first-order chi connectivity index (χ1) is 18.2. The number of halogens is 1. The SMILES string of the molecule is Cc1ccnc(C(=O)[C@]23Cc4cnn(-c5ccc(F)cc5)c4C=C2CCN(S(=O)(=O)c2cn(C)cn2)C3)c1. The van der Waals surface area contributed by atoms with E-state index in [9.17, 15) is 17.6 Å². The Morgan fingerprint density at radius 1 is 1.13 bits per heavy atom. The lowest BCUT2D eigenvalue weighted by atomic mass is 9.65. The number of imidazole rings is 1. The zero-order chi connectivity index (χ0) is 26.7. The molecule has 1 saturated heterocycles. The average molecular weight is 533 g/mol. The lowest BCUT2D eigenvalue weighted by Gasteiger charge is -2.44. The second-order valence-corrected chi connectivity index (χ2v) is 11.8. The van der Waals surface area contributed by atoms with E-state index in [4.69, 9.17) is 0 Å². The van der Waals surface area contributed by atoms with Gasteiger partial charge in [0.1, 0.15) is 11.5 Å². The van der Waals surface area contributed by atoms with Crippen LogP contribution in [0.4, 0.5) is 4.39 Å². The molecule has 1 atom stereocenters. The third-order valence-corrected chi connectivity index (χ3v) is 9.05. The van der Waals surface area contributed by atoms with Crippen LogP contribution in [0, 0.1) is 18.2 Å². The van der Waals surface area contributed by atoms with Crippen molar-refractivity contribution in [3.05, 3.63) is 95.2 Å². The van der Waals surface area contributed by atoms with Crippen molar-refractivity contribution in [2.24, 2.45) is 12.5 Å². The average Bonchev–Trinajstić information content (AvgIpc) is 3.53. The van der Waals surface area contributed by atoms with Gasteiger partial charge in [-0.3, -0.25) is 9.78 Å². The van der Waals surface area contributed by atoms with Gasteiger partial charge in [0.25, 0.3) is 10.0 Å². The van der Waals surface area contributed by atoms with Gasteiger partial charge in [0.15, 0.2) is 10.8 Å². The van der Waals surface area contributed by atoms with E-state index in [1.54, 1.807) is 46.9 Å². The van der Waals surface area contributed by atoms with E-state index >= 15 is 0 Å². The third-order valence-electron chi connectivity index (χ3n) is 7.32. The van der Waals surface area contributed by atoms with Crippen LogP contribution in [0.5, 0.6) is 0 Å². The summed E-state index contributed by atoms with van der Waals surface area (Å²) in [5.74, 6) is -0.571. The van der Waals surface area contributed by atoms with E-state index in [0.717, 1.165) is 22.4 Å². The van der Waals surface area contributed by atoms with Crippen LogP contribution in [0.15, 0.2) is 71.9 Å². The zero-order valence-corrected chi connectivity index (χ0v) is 21.7. The number of carbonyl (C=O) groups is 1. The molecule has 0 spiro atoms. The molecule has 0 bridgehead atoms. The molecule has 4 aromatic rings. The number of fused-ring (bicyclic) bond motifs is 2. The molecule has 0 unspecified atom stereocenters. The van der Waals surface area contributed by atoms with Gasteiger partial charge in [0.2, 0.25) is 0 Å². The maximum absolute atomic E-state index is 14.2. The van der Waals surface area contributed by atoms with Crippen molar-refractivity contribution in [3.8, 4) is 5.69 Å². The van der Waals surface area contributed by atoms with E-state index in [1.807, 2.05) is 19.1 Å². The Balaban J connectivity index is 1.46. The van der Waals surface area contributed by atoms with Crippen LogP contribution in [0.25, 0.3) is 11.8 Å². The molecule has 1 fully saturated rings. The fraction of sp³-hybridized carbons (Fsp3) is 0.259. The van der Waals surface area contributed by atoms with Crippen LogP contribution in [0.3, 0.4) is 0 Å². The summed E-state index contributed by atoms with van der Waals surface area (Å²) in [6.07, 6.45) is 8.74. The number of sulfonamides is 1. The molecule has 1 aliphatic heterocycles. The fourth-order valence-corrected chi connectivity index (χ4v) is 6.84. The summed E-state index contributed by atoms with van der Waals surface area (Å²) in [5.41, 5.74) is 3.16. The Kier molecular flexibility index (Phi) is 5.65. The van der Waals surface area contributed by atoms with Crippen molar-refractivity contribution in [2.45, 2.75) is 24.8 Å². The molecule has 38 heavy (non-hydrogen) atoms. The van der Waals surface area contributed by atoms with Crippen molar-refractivity contribution in [1.82, 2.24) is 28.6 Å². The molecule has 0 saturated carbocycles. The minimum atomic E-state index is -3.93. The van der Waals surface area contributed by atoms with Crippen molar-refractivity contribution >= 4 is 21.9 Å². The number of pyridine rings is 1. The second kappa shape index (κ2) is 8.81. The normalized spacial score (nSPS) is 19.5. The van der Waals surface area contributed by atoms with Crippen LogP contribution in [0.2, 0.25) is 0 Å². The zero-order valence-electron chi connectivity index (χ0n) is 20.9. The summed E-state index contributed by atoms with van der Waals surface area (Å²) in [6.45, 7) is 2.06. The highest BCUT2D eigenvalue weighted by molar-refractivity contribution is 7.89. The molecule has 3 aromatic heterocycles. The lowest BCUT2D eigenvalue weighted by molar-refractivity contribution is 0.0770. The molecule has 9 nitrogen and oxygen atoms in total. The Bertz CT molecular complexity index is 1710. The van der Waals surface area contributed by atoms with Gasteiger partial charge in [-0.2, -0.15) is 9.40 Å². The fourth-order valence-electron chi connectivity index (χ4n) is 5.37. The van der Waals surface area contributed by atoms with Crippen LogP contribution < -0.4 is 0 Å². The number of piperidine rings is 1. The van der Waals surface area contributed by atoms with Crippen LogP contribution in [-0.4, -0.2) is 55.9 Å².